The third-order valence-electron chi connectivity index (χ3n) is 2.90. The zero-order valence-electron chi connectivity index (χ0n) is 11.3. The fourth-order valence-corrected chi connectivity index (χ4v) is 1.97. The Balaban J connectivity index is 0. The average molecular weight is 340 g/mol. The Bertz CT molecular complexity index is 274. The fraction of sp³-hybridized carbons (Fsp3) is 0.909. The molecule has 122 valence electrons. The van der Waals surface area contributed by atoms with E-state index in [1.807, 2.05) is 0 Å². The van der Waals surface area contributed by atoms with Crippen LogP contribution >= 0.6 is 24.8 Å². The molecule has 0 saturated carbocycles. The van der Waals surface area contributed by atoms with Crippen LogP contribution in [0, 0.1) is 5.92 Å². The topological polar surface area (TPSA) is 44.4 Å². The first kappa shape index (κ1) is 22.0. The highest BCUT2D eigenvalue weighted by Gasteiger charge is 2.28. The summed E-state index contributed by atoms with van der Waals surface area (Å²) in [6, 6.07) is 0. The van der Waals surface area contributed by atoms with Crippen LogP contribution in [0.3, 0.4) is 0 Å². The molecule has 1 unspecified atom stereocenters. The Morgan fingerprint density at radius 2 is 2.05 bits per heavy atom. The molecule has 1 atom stereocenters. The van der Waals surface area contributed by atoms with Crippen LogP contribution in [0.2, 0.25) is 0 Å². The molecule has 1 rings (SSSR count). The van der Waals surface area contributed by atoms with Crippen LogP contribution in [0.15, 0.2) is 0 Å². The second-order valence-electron chi connectivity index (χ2n) is 4.69. The SMILES string of the molecule is CN(CCCNC(=O)C1CCNC1)CC(F)(F)F.Cl.Cl. The second-order valence-corrected chi connectivity index (χ2v) is 4.69. The quantitative estimate of drug-likeness (QED) is 0.720. The van der Waals surface area contributed by atoms with Gasteiger partial charge in [0.1, 0.15) is 0 Å². The molecule has 0 aromatic rings. The number of carbonyl (C=O) groups is 1. The molecule has 0 radical (unpaired) electrons. The highest BCUT2D eigenvalue weighted by Crippen LogP contribution is 2.15. The van der Waals surface area contributed by atoms with Gasteiger partial charge in [-0.1, -0.05) is 0 Å². The molecule has 0 aromatic carbocycles. The van der Waals surface area contributed by atoms with E-state index in [2.05, 4.69) is 10.6 Å². The second kappa shape index (κ2) is 10.5. The lowest BCUT2D eigenvalue weighted by atomic mass is 10.1. The van der Waals surface area contributed by atoms with Crippen molar-refractivity contribution in [1.29, 1.82) is 0 Å². The summed E-state index contributed by atoms with van der Waals surface area (Å²) >= 11 is 0. The molecule has 1 fully saturated rings. The van der Waals surface area contributed by atoms with Crippen molar-refractivity contribution in [2.75, 3.05) is 39.8 Å². The van der Waals surface area contributed by atoms with Gasteiger partial charge >= 0.3 is 6.18 Å². The van der Waals surface area contributed by atoms with E-state index in [9.17, 15) is 18.0 Å². The smallest absolute Gasteiger partial charge is 0.356 e. The number of hydrogen-bond donors (Lipinski definition) is 2. The lowest BCUT2D eigenvalue weighted by Gasteiger charge is -2.18. The van der Waals surface area contributed by atoms with Gasteiger partial charge in [0.15, 0.2) is 0 Å². The predicted molar refractivity (Wildman–Crippen MR) is 76.7 cm³/mol. The Morgan fingerprint density at radius 1 is 1.40 bits per heavy atom. The molecule has 1 aliphatic heterocycles. The molecule has 0 bridgehead atoms. The largest absolute Gasteiger partial charge is 0.401 e. The highest BCUT2D eigenvalue weighted by atomic mass is 35.5. The molecule has 0 spiro atoms. The van der Waals surface area contributed by atoms with Crippen molar-refractivity contribution in [3.63, 3.8) is 0 Å². The zero-order chi connectivity index (χ0) is 13.6. The minimum absolute atomic E-state index is 0. The van der Waals surface area contributed by atoms with Gasteiger partial charge in [0.25, 0.3) is 0 Å². The van der Waals surface area contributed by atoms with E-state index in [0.29, 0.717) is 26.1 Å². The van der Waals surface area contributed by atoms with E-state index in [-0.39, 0.29) is 36.6 Å². The first-order valence-corrected chi connectivity index (χ1v) is 6.12. The van der Waals surface area contributed by atoms with Crippen molar-refractivity contribution in [1.82, 2.24) is 15.5 Å². The van der Waals surface area contributed by atoms with E-state index in [1.54, 1.807) is 0 Å². The molecule has 1 amide bonds. The van der Waals surface area contributed by atoms with E-state index in [1.165, 1.54) is 11.9 Å². The van der Waals surface area contributed by atoms with Crippen LogP contribution in [-0.4, -0.2) is 56.8 Å². The van der Waals surface area contributed by atoms with Crippen LogP contribution < -0.4 is 10.6 Å². The minimum Gasteiger partial charge on any atom is -0.356 e. The van der Waals surface area contributed by atoms with Gasteiger partial charge in [0, 0.05) is 13.1 Å². The summed E-state index contributed by atoms with van der Waals surface area (Å²) in [5.41, 5.74) is 0. The highest BCUT2D eigenvalue weighted by molar-refractivity contribution is 5.85. The van der Waals surface area contributed by atoms with Crippen LogP contribution in [0.1, 0.15) is 12.8 Å². The molecule has 2 N–H and O–H groups in total. The van der Waals surface area contributed by atoms with Crippen molar-refractivity contribution >= 4 is 30.7 Å². The summed E-state index contributed by atoms with van der Waals surface area (Å²) < 4.78 is 36.1. The average Bonchev–Trinajstić information content (AvgIpc) is 2.74. The van der Waals surface area contributed by atoms with Crippen molar-refractivity contribution in [2.45, 2.75) is 19.0 Å². The molecule has 0 aromatic heterocycles. The number of nitrogens with one attached hydrogen (secondary N) is 2. The van der Waals surface area contributed by atoms with Crippen LogP contribution in [0.5, 0.6) is 0 Å². The van der Waals surface area contributed by atoms with Gasteiger partial charge in [-0.05, 0) is 33.0 Å². The number of nitrogens with zero attached hydrogens (tertiary/aromatic N) is 1. The van der Waals surface area contributed by atoms with Gasteiger partial charge in [-0.2, -0.15) is 13.2 Å². The van der Waals surface area contributed by atoms with Crippen LogP contribution in [0.25, 0.3) is 0 Å². The summed E-state index contributed by atoms with van der Waals surface area (Å²) in [6.07, 6.45) is -2.80. The number of alkyl halides is 3. The van der Waals surface area contributed by atoms with Gasteiger partial charge in [-0.25, -0.2) is 0 Å². The van der Waals surface area contributed by atoms with Crippen molar-refractivity contribution in [3.8, 4) is 0 Å². The summed E-state index contributed by atoms with van der Waals surface area (Å²) in [6.45, 7) is 1.39. The van der Waals surface area contributed by atoms with E-state index >= 15 is 0 Å². The Morgan fingerprint density at radius 3 is 2.55 bits per heavy atom. The molecule has 9 heteroatoms. The predicted octanol–water partition coefficient (Wildman–Crippen LogP) is 1.44. The Kier molecular flexibility index (Phi) is 11.6. The van der Waals surface area contributed by atoms with Crippen molar-refractivity contribution < 1.29 is 18.0 Å². The maximum Gasteiger partial charge on any atom is 0.401 e. The number of hydrogen-bond acceptors (Lipinski definition) is 3. The third-order valence-corrected chi connectivity index (χ3v) is 2.90. The molecule has 1 heterocycles. The Hall–Kier alpha value is -0.240. The van der Waals surface area contributed by atoms with E-state index in [0.717, 1.165) is 13.0 Å². The summed E-state index contributed by atoms with van der Waals surface area (Å²) in [7, 11) is 1.43. The van der Waals surface area contributed by atoms with Crippen LogP contribution in [-0.2, 0) is 4.79 Å². The first-order chi connectivity index (χ1) is 8.38. The van der Waals surface area contributed by atoms with Gasteiger partial charge in [-0.15, -0.1) is 24.8 Å². The van der Waals surface area contributed by atoms with Crippen LogP contribution in [0.4, 0.5) is 13.2 Å². The number of carbonyl (C=O) groups excluding carboxylic acids is 1. The lowest BCUT2D eigenvalue weighted by molar-refractivity contribution is -0.143. The molecular formula is C11H22Cl2F3N3O. The number of amides is 1. The minimum atomic E-state index is -4.16. The molecule has 20 heavy (non-hydrogen) atoms. The molecule has 1 saturated heterocycles. The Labute approximate surface area is 129 Å². The number of halogens is 5. The third kappa shape index (κ3) is 9.63. The monoisotopic (exact) mass is 339 g/mol. The van der Waals surface area contributed by atoms with Gasteiger partial charge in [-0.3, -0.25) is 9.69 Å². The molecule has 1 aliphatic rings. The lowest BCUT2D eigenvalue weighted by Crippen LogP contribution is -2.36. The maximum atomic E-state index is 12.0. The fourth-order valence-electron chi connectivity index (χ4n) is 1.97. The normalized spacial score (nSPS) is 18.4. The number of rotatable bonds is 6. The van der Waals surface area contributed by atoms with Gasteiger partial charge < -0.3 is 10.6 Å². The van der Waals surface area contributed by atoms with E-state index in [4.69, 9.17) is 0 Å². The first-order valence-electron chi connectivity index (χ1n) is 6.12. The summed E-state index contributed by atoms with van der Waals surface area (Å²) in [4.78, 5) is 12.8. The molecule has 4 nitrogen and oxygen atoms in total. The molecular weight excluding hydrogens is 318 g/mol. The zero-order valence-corrected chi connectivity index (χ0v) is 13.0. The molecule has 0 aliphatic carbocycles. The standard InChI is InChI=1S/C11H20F3N3O.2ClH/c1-17(8-11(12,13)14)6-2-4-16-10(18)9-3-5-15-7-9;;/h9,15H,2-8H2,1H3,(H,16,18);2*1H. The van der Waals surface area contributed by atoms with Gasteiger partial charge in [0.05, 0.1) is 12.5 Å². The summed E-state index contributed by atoms with van der Waals surface area (Å²) in [5, 5.41) is 5.85. The van der Waals surface area contributed by atoms with Crippen molar-refractivity contribution in [2.24, 2.45) is 5.92 Å². The van der Waals surface area contributed by atoms with E-state index < -0.39 is 12.7 Å². The summed E-state index contributed by atoms with van der Waals surface area (Å²) in [5.74, 6) is 0.0105. The van der Waals surface area contributed by atoms with Gasteiger partial charge in [0.2, 0.25) is 5.91 Å². The maximum absolute atomic E-state index is 12.0. The van der Waals surface area contributed by atoms with Crippen molar-refractivity contribution in [3.05, 3.63) is 0 Å².